The average molecular weight is 418 g/mol. The number of halogens is 7. The molecule has 0 aromatic heterocycles. The third kappa shape index (κ3) is 9.91. The minimum atomic E-state index is -5.43. The highest BCUT2D eigenvalue weighted by Crippen LogP contribution is 2.43. The Morgan fingerprint density at radius 2 is 1.54 bits per heavy atom. The Labute approximate surface area is 149 Å². The van der Waals surface area contributed by atoms with Gasteiger partial charge in [0.05, 0.1) is 11.7 Å². The first-order chi connectivity index (χ1) is 11.5. The van der Waals surface area contributed by atoms with Crippen LogP contribution in [0.15, 0.2) is 0 Å². The summed E-state index contributed by atoms with van der Waals surface area (Å²) in [4.78, 5) is 1.82. The first-order valence-electron chi connectivity index (χ1n) is 7.92. The molecule has 158 valence electrons. The molecule has 0 aromatic carbocycles. The Hall–Kier alpha value is -0.620. The summed E-state index contributed by atoms with van der Waals surface area (Å²) >= 11 is 0. The van der Waals surface area contributed by atoms with Gasteiger partial charge in [0, 0.05) is 13.0 Å². The zero-order chi connectivity index (χ0) is 20.8. The molecule has 26 heavy (non-hydrogen) atoms. The quantitative estimate of drug-likeness (QED) is 0.413. The van der Waals surface area contributed by atoms with Crippen LogP contribution >= 0.6 is 0 Å². The molecule has 1 N–H and O–H groups in total. The topological polar surface area (TPSA) is 49.4 Å². The lowest BCUT2D eigenvalue weighted by molar-refractivity contribution is -0.248. The maximum Gasteiger partial charge on any atom is 0.422 e. The maximum atomic E-state index is 13.6. The standard InChI is InChI=1S/C14H25F7N2O2S/c1-12(15,14(19,20)21)10-11(13(16,17)18)6-4-9-26(24,25)22-7-5-8-23(2)3/h11,22H,4-10H2,1-3H3. The normalized spacial score (nSPS) is 17.3. The van der Waals surface area contributed by atoms with E-state index in [2.05, 4.69) is 4.72 Å². The van der Waals surface area contributed by atoms with Crippen molar-refractivity contribution in [1.29, 1.82) is 0 Å². The van der Waals surface area contributed by atoms with Gasteiger partial charge in [-0.2, -0.15) is 26.3 Å². The Bertz CT molecular complexity index is 516. The molecule has 0 rings (SSSR count). The van der Waals surface area contributed by atoms with E-state index in [0.29, 0.717) is 13.0 Å². The molecule has 2 unspecified atom stereocenters. The minimum Gasteiger partial charge on any atom is -0.309 e. The Morgan fingerprint density at radius 3 is 1.96 bits per heavy atom. The average Bonchev–Trinajstić information content (AvgIpc) is 2.39. The number of hydrogen-bond donors (Lipinski definition) is 1. The van der Waals surface area contributed by atoms with Crippen LogP contribution in [0.4, 0.5) is 30.7 Å². The van der Waals surface area contributed by atoms with E-state index in [1.54, 1.807) is 14.1 Å². The van der Waals surface area contributed by atoms with Crippen LogP contribution in [0, 0.1) is 5.92 Å². The molecule has 0 bridgehead atoms. The molecule has 0 saturated heterocycles. The molecule has 4 nitrogen and oxygen atoms in total. The van der Waals surface area contributed by atoms with Gasteiger partial charge in [-0.15, -0.1) is 0 Å². The summed E-state index contributed by atoms with van der Waals surface area (Å²) < 4.78 is 115. The van der Waals surface area contributed by atoms with Gasteiger partial charge in [0.25, 0.3) is 0 Å². The van der Waals surface area contributed by atoms with Gasteiger partial charge in [-0.1, -0.05) is 0 Å². The van der Waals surface area contributed by atoms with Crippen molar-refractivity contribution in [2.45, 2.75) is 50.6 Å². The number of nitrogens with zero attached hydrogens (tertiary/aromatic N) is 1. The second-order valence-corrected chi connectivity index (χ2v) is 8.58. The van der Waals surface area contributed by atoms with E-state index < -0.39 is 59.0 Å². The van der Waals surface area contributed by atoms with Gasteiger partial charge in [-0.3, -0.25) is 0 Å². The smallest absolute Gasteiger partial charge is 0.309 e. The second-order valence-electron chi connectivity index (χ2n) is 6.65. The summed E-state index contributed by atoms with van der Waals surface area (Å²) in [6, 6.07) is 0. The predicted octanol–water partition coefficient (Wildman–Crippen LogP) is 3.50. The Morgan fingerprint density at radius 1 is 1.00 bits per heavy atom. The molecule has 0 fully saturated rings. The molecule has 12 heteroatoms. The lowest BCUT2D eigenvalue weighted by Crippen LogP contribution is -2.42. The van der Waals surface area contributed by atoms with Gasteiger partial charge < -0.3 is 4.90 Å². The number of alkyl halides is 7. The van der Waals surface area contributed by atoms with Crippen LogP contribution in [-0.2, 0) is 10.0 Å². The van der Waals surface area contributed by atoms with Crippen LogP contribution in [0.3, 0.4) is 0 Å². The van der Waals surface area contributed by atoms with Gasteiger partial charge in [-0.05, 0) is 46.8 Å². The van der Waals surface area contributed by atoms with Crippen LogP contribution in [0.2, 0.25) is 0 Å². The van der Waals surface area contributed by atoms with E-state index >= 15 is 0 Å². The predicted molar refractivity (Wildman–Crippen MR) is 83.9 cm³/mol. The fourth-order valence-corrected chi connectivity index (χ4v) is 3.32. The van der Waals surface area contributed by atoms with Crippen molar-refractivity contribution in [2.24, 2.45) is 5.92 Å². The van der Waals surface area contributed by atoms with Crippen LogP contribution in [-0.4, -0.2) is 64.3 Å². The third-order valence-corrected chi connectivity index (χ3v) is 5.22. The van der Waals surface area contributed by atoms with Crippen molar-refractivity contribution in [3.05, 3.63) is 0 Å². The van der Waals surface area contributed by atoms with Crippen molar-refractivity contribution in [1.82, 2.24) is 9.62 Å². The van der Waals surface area contributed by atoms with E-state index in [4.69, 9.17) is 0 Å². The van der Waals surface area contributed by atoms with E-state index in [1.165, 1.54) is 0 Å². The van der Waals surface area contributed by atoms with E-state index in [0.717, 1.165) is 0 Å². The summed E-state index contributed by atoms with van der Waals surface area (Å²) in [7, 11) is -0.278. The lowest BCUT2D eigenvalue weighted by Gasteiger charge is -2.29. The number of nitrogens with one attached hydrogen (secondary N) is 1. The van der Waals surface area contributed by atoms with Gasteiger partial charge in [0.2, 0.25) is 15.7 Å². The van der Waals surface area contributed by atoms with Crippen molar-refractivity contribution < 1.29 is 39.2 Å². The van der Waals surface area contributed by atoms with Crippen molar-refractivity contribution >= 4 is 10.0 Å². The highest BCUT2D eigenvalue weighted by atomic mass is 32.2. The molecule has 0 aromatic rings. The molecule has 0 spiro atoms. The summed E-state index contributed by atoms with van der Waals surface area (Å²) in [5.41, 5.74) is -4.00. The van der Waals surface area contributed by atoms with Crippen molar-refractivity contribution in [3.63, 3.8) is 0 Å². The van der Waals surface area contributed by atoms with Crippen molar-refractivity contribution in [2.75, 3.05) is 32.9 Å². The molecular formula is C14H25F7N2O2S. The first-order valence-corrected chi connectivity index (χ1v) is 9.57. The Kier molecular flexibility index (Phi) is 9.31. The second kappa shape index (κ2) is 9.54. The summed E-state index contributed by atoms with van der Waals surface area (Å²) in [5.74, 6) is -3.25. The molecule has 0 saturated carbocycles. The Balaban J connectivity index is 4.64. The van der Waals surface area contributed by atoms with E-state index in [-0.39, 0.29) is 13.5 Å². The molecule has 0 aliphatic rings. The third-order valence-electron chi connectivity index (χ3n) is 3.75. The van der Waals surface area contributed by atoms with Gasteiger partial charge >= 0.3 is 12.4 Å². The van der Waals surface area contributed by atoms with Crippen molar-refractivity contribution in [3.8, 4) is 0 Å². The van der Waals surface area contributed by atoms with Gasteiger partial charge in [0.1, 0.15) is 0 Å². The molecule has 0 heterocycles. The lowest BCUT2D eigenvalue weighted by atomic mass is 9.89. The number of sulfonamides is 1. The fourth-order valence-electron chi connectivity index (χ4n) is 2.17. The zero-order valence-corrected chi connectivity index (χ0v) is 15.7. The monoisotopic (exact) mass is 418 g/mol. The summed E-state index contributed by atoms with van der Waals surface area (Å²) in [5, 5.41) is 0. The molecule has 0 aliphatic carbocycles. The molecule has 2 atom stereocenters. The highest BCUT2D eigenvalue weighted by molar-refractivity contribution is 7.89. The largest absolute Gasteiger partial charge is 0.422 e. The van der Waals surface area contributed by atoms with Crippen LogP contribution in [0.1, 0.15) is 32.6 Å². The first kappa shape index (κ1) is 25.4. The highest BCUT2D eigenvalue weighted by Gasteiger charge is 2.56. The summed E-state index contributed by atoms with van der Waals surface area (Å²) in [6.45, 7) is 0.750. The molecular weight excluding hydrogens is 393 g/mol. The van der Waals surface area contributed by atoms with E-state index in [1.807, 2.05) is 4.90 Å². The number of rotatable bonds is 11. The minimum absolute atomic E-state index is 0.0504. The maximum absolute atomic E-state index is 13.6. The van der Waals surface area contributed by atoms with Crippen LogP contribution in [0.25, 0.3) is 0 Å². The zero-order valence-electron chi connectivity index (χ0n) is 14.8. The molecule has 0 amide bonds. The fraction of sp³-hybridized carbons (Fsp3) is 1.00. The van der Waals surface area contributed by atoms with Gasteiger partial charge in [0.15, 0.2) is 0 Å². The number of hydrogen-bond acceptors (Lipinski definition) is 3. The summed E-state index contributed by atoms with van der Waals surface area (Å²) in [6.07, 6.45) is -13.2. The SMILES string of the molecule is CN(C)CCCNS(=O)(=O)CCCC(CC(C)(F)C(F)(F)F)C(F)(F)F. The van der Waals surface area contributed by atoms with Crippen LogP contribution < -0.4 is 4.72 Å². The van der Waals surface area contributed by atoms with Crippen LogP contribution in [0.5, 0.6) is 0 Å². The molecule has 0 radical (unpaired) electrons. The van der Waals surface area contributed by atoms with E-state index in [9.17, 15) is 39.2 Å². The molecule has 0 aliphatic heterocycles. The van der Waals surface area contributed by atoms with Gasteiger partial charge in [-0.25, -0.2) is 17.5 Å².